The number of halogens is 8. The van der Waals surface area contributed by atoms with Crippen molar-refractivity contribution in [3.63, 3.8) is 0 Å². The molecule has 0 unspecified atom stereocenters. The van der Waals surface area contributed by atoms with Crippen molar-refractivity contribution in [2.75, 3.05) is 0 Å². The predicted molar refractivity (Wildman–Crippen MR) is 138 cm³/mol. The Morgan fingerprint density at radius 1 is 0.700 bits per heavy atom. The fourth-order valence-corrected chi connectivity index (χ4v) is 5.35. The summed E-state index contributed by atoms with van der Waals surface area (Å²) in [6, 6.07) is 10.8. The molecule has 1 fully saturated rings. The normalized spacial score (nSPS) is 17.5. The van der Waals surface area contributed by atoms with Crippen LogP contribution in [-0.2, 0) is 0 Å². The van der Waals surface area contributed by atoms with E-state index in [0.717, 1.165) is 73.6 Å². The van der Waals surface area contributed by atoms with Gasteiger partial charge in [0.15, 0.2) is 0 Å². The lowest BCUT2D eigenvalue weighted by Gasteiger charge is -2.26. The Balaban J connectivity index is 1.49. The van der Waals surface area contributed by atoms with Crippen molar-refractivity contribution in [3.05, 3.63) is 94.8 Å². The first-order valence-corrected chi connectivity index (χ1v) is 12.7. The molecule has 0 saturated heterocycles. The van der Waals surface area contributed by atoms with E-state index in [2.05, 4.69) is 6.92 Å². The molecule has 1 saturated carbocycles. The van der Waals surface area contributed by atoms with E-state index in [4.69, 9.17) is 0 Å². The van der Waals surface area contributed by atoms with Crippen molar-refractivity contribution in [1.82, 2.24) is 0 Å². The Hall–Kier alpha value is -3.86. The summed E-state index contributed by atoms with van der Waals surface area (Å²) in [5, 5.41) is -0.407. The van der Waals surface area contributed by atoms with Gasteiger partial charge in [-0.3, -0.25) is 0 Å². The van der Waals surface area contributed by atoms with Crippen LogP contribution in [0.25, 0.3) is 33.0 Å². The van der Waals surface area contributed by atoms with E-state index in [-0.39, 0.29) is 33.4 Å². The summed E-state index contributed by atoms with van der Waals surface area (Å²) in [6.45, 7) is 2.19. The third-order valence-corrected chi connectivity index (χ3v) is 7.48. The van der Waals surface area contributed by atoms with Crippen LogP contribution in [0.2, 0.25) is 0 Å². The van der Waals surface area contributed by atoms with Gasteiger partial charge in [0.25, 0.3) is 0 Å². The molecule has 5 rings (SSSR count). The van der Waals surface area contributed by atoms with Gasteiger partial charge in [0, 0.05) is 16.9 Å². The lowest BCUT2D eigenvalue weighted by atomic mass is 9.79. The van der Waals surface area contributed by atoms with Crippen LogP contribution in [0.3, 0.4) is 0 Å². The third kappa shape index (κ3) is 5.56. The predicted octanol–water partition coefficient (Wildman–Crippen LogP) is 10.1. The molecule has 0 nitrogen and oxygen atoms in total. The molecule has 4 aromatic rings. The van der Waals surface area contributed by atoms with Crippen LogP contribution in [-0.4, -0.2) is 6.18 Å². The molecule has 0 spiro atoms. The molecule has 206 valence electrons. The molecule has 1 aliphatic carbocycles. The number of rotatable bonds is 3. The maximum Gasteiger partial charge on any atom is 0.458 e. The summed E-state index contributed by atoms with van der Waals surface area (Å²) < 4.78 is 112. The minimum atomic E-state index is -4.95. The summed E-state index contributed by atoms with van der Waals surface area (Å²) in [5.74, 6) is -2.15. The largest absolute Gasteiger partial charge is 0.458 e. The standard InChI is InChI=1S/C32H22F8/c1-17-2-4-18(5-3-17)19-6-8-23(26(33)13-19)22-15-28(35)30(29(36)16-22)20-7-9-24-21(12-20)14-27(34)25(31(24)37)10-11-32(38,39)40/h6-9,12-18H,2-5H2,1H3. The number of fused-ring (bicyclic) bond motifs is 1. The summed E-state index contributed by atoms with van der Waals surface area (Å²) >= 11 is 0. The average Bonchev–Trinajstić information content (AvgIpc) is 2.87. The van der Waals surface area contributed by atoms with Crippen LogP contribution in [0, 0.1) is 46.8 Å². The first-order valence-electron chi connectivity index (χ1n) is 12.7. The van der Waals surface area contributed by atoms with Crippen molar-refractivity contribution in [1.29, 1.82) is 0 Å². The molecule has 0 N–H and O–H groups in total. The molecule has 0 aromatic heterocycles. The van der Waals surface area contributed by atoms with Gasteiger partial charge in [-0.1, -0.05) is 50.0 Å². The minimum Gasteiger partial charge on any atom is -0.206 e. The van der Waals surface area contributed by atoms with E-state index in [1.165, 1.54) is 18.1 Å². The van der Waals surface area contributed by atoms with Gasteiger partial charge < -0.3 is 0 Å². The number of hydrogen-bond acceptors (Lipinski definition) is 0. The van der Waals surface area contributed by atoms with Gasteiger partial charge in [-0.25, -0.2) is 22.0 Å². The lowest BCUT2D eigenvalue weighted by molar-refractivity contribution is -0.0696. The zero-order chi connectivity index (χ0) is 28.8. The van der Waals surface area contributed by atoms with E-state index < -0.39 is 46.4 Å². The lowest BCUT2D eigenvalue weighted by Crippen LogP contribution is -2.11. The molecule has 40 heavy (non-hydrogen) atoms. The summed E-state index contributed by atoms with van der Waals surface area (Å²) in [6.07, 6.45) is -0.905. The Bertz CT molecular complexity index is 1640. The quantitative estimate of drug-likeness (QED) is 0.173. The highest BCUT2D eigenvalue weighted by molar-refractivity contribution is 5.89. The van der Waals surface area contributed by atoms with Gasteiger partial charge in [-0.2, -0.15) is 13.2 Å². The molecule has 0 atom stereocenters. The van der Waals surface area contributed by atoms with Gasteiger partial charge in [-0.05, 0) is 77.1 Å². The van der Waals surface area contributed by atoms with Crippen molar-refractivity contribution in [3.8, 4) is 34.1 Å². The second kappa shape index (κ2) is 10.6. The second-order valence-corrected chi connectivity index (χ2v) is 10.2. The molecule has 0 radical (unpaired) electrons. The van der Waals surface area contributed by atoms with Gasteiger partial charge >= 0.3 is 6.18 Å². The van der Waals surface area contributed by atoms with Crippen LogP contribution in [0.1, 0.15) is 49.7 Å². The van der Waals surface area contributed by atoms with E-state index in [1.54, 1.807) is 6.07 Å². The molecule has 4 aromatic carbocycles. The van der Waals surface area contributed by atoms with Crippen LogP contribution < -0.4 is 0 Å². The molecule has 0 amide bonds. The Labute approximate surface area is 225 Å². The van der Waals surface area contributed by atoms with Crippen molar-refractivity contribution >= 4 is 10.8 Å². The highest BCUT2D eigenvalue weighted by atomic mass is 19.4. The Morgan fingerprint density at radius 3 is 2.00 bits per heavy atom. The van der Waals surface area contributed by atoms with Crippen molar-refractivity contribution in [2.45, 2.75) is 44.7 Å². The second-order valence-electron chi connectivity index (χ2n) is 10.2. The van der Waals surface area contributed by atoms with Crippen LogP contribution in [0.15, 0.2) is 54.6 Å². The fourth-order valence-electron chi connectivity index (χ4n) is 5.35. The van der Waals surface area contributed by atoms with Crippen LogP contribution in [0.4, 0.5) is 35.1 Å². The van der Waals surface area contributed by atoms with Gasteiger partial charge in [0.05, 0.1) is 11.1 Å². The van der Waals surface area contributed by atoms with Gasteiger partial charge in [0.1, 0.15) is 29.1 Å². The molecular formula is C32H22F8. The third-order valence-electron chi connectivity index (χ3n) is 7.48. The SMILES string of the molecule is CC1CCC(c2ccc(-c3cc(F)c(-c4ccc5c(F)c(C#CC(F)(F)F)c(F)cc5c4)c(F)c3)c(F)c2)CC1. The average molecular weight is 559 g/mol. The van der Waals surface area contributed by atoms with Crippen LogP contribution in [0.5, 0.6) is 0 Å². The number of alkyl halides is 3. The molecule has 0 heterocycles. The van der Waals surface area contributed by atoms with E-state index in [0.29, 0.717) is 5.92 Å². The zero-order valence-corrected chi connectivity index (χ0v) is 21.2. The fraction of sp³-hybridized carbons (Fsp3) is 0.250. The van der Waals surface area contributed by atoms with E-state index in [9.17, 15) is 22.0 Å². The molecule has 8 heteroatoms. The molecule has 1 aliphatic rings. The first kappa shape index (κ1) is 27.7. The highest BCUT2D eigenvalue weighted by Gasteiger charge is 2.25. The summed E-state index contributed by atoms with van der Waals surface area (Å²) in [4.78, 5) is 0. The number of benzene rings is 4. The van der Waals surface area contributed by atoms with E-state index >= 15 is 13.2 Å². The Kier molecular flexibility index (Phi) is 7.34. The van der Waals surface area contributed by atoms with Gasteiger partial charge in [0.2, 0.25) is 0 Å². The molecule has 0 bridgehead atoms. The summed E-state index contributed by atoms with van der Waals surface area (Å²) in [5.41, 5.74) is -0.748. The maximum absolute atomic E-state index is 15.2. The van der Waals surface area contributed by atoms with Crippen molar-refractivity contribution in [2.24, 2.45) is 5.92 Å². The van der Waals surface area contributed by atoms with E-state index in [1.807, 2.05) is 0 Å². The minimum absolute atomic E-state index is 0.00850. The maximum atomic E-state index is 15.2. The smallest absolute Gasteiger partial charge is 0.206 e. The molecular weight excluding hydrogens is 536 g/mol. The highest BCUT2D eigenvalue weighted by Crippen LogP contribution is 2.38. The van der Waals surface area contributed by atoms with Gasteiger partial charge in [-0.15, -0.1) is 0 Å². The topological polar surface area (TPSA) is 0 Å². The number of hydrogen-bond donors (Lipinski definition) is 0. The zero-order valence-electron chi connectivity index (χ0n) is 21.2. The molecule has 0 aliphatic heterocycles. The van der Waals surface area contributed by atoms with Crippen LogP contribution >= 0.6 is 0 Å². The Morgan fingerprint density at radius 2 is 1.38 bits per heavy atom. The first-order chi connectivity index (χ1) is 18.9. The summed E-state index contributed by atoms with van der Waals surface area (Å²) in [7, 11) is 0. The van der Waals surface area contributed by atoms with Crippen molar-refractivity contribution < 1.29 is 35.1 Å². The monoisotopic (exact) mass is 558 g/mol.